The first-order valence-corrected chi connectivity index (χ1v) is 7.07. The van der Waals surface area contributed by atoms with Crippen LogP contribution >= 0.6 is 11.6 Å². The molecule has 23 heavy (non-hydrogen) atoms. The van der Waals surface area contributed by atoms with Crippen LogP contribution in [0.1, 0.15) is 5.56 Å². The summed E-state index contributed by atoms with van der Waals surface area (Å²) in [6.07, 6.45) is 2.81. The highest BCUT2D eigenvalue weighted by molar-refractivity contribution is 6.33. The number of carbonyl (C=O) groups is 2. The SMILES string of the molecule is O=C(COC(=O)C=Cc1ccccc1)Nc1ccc(F)cc1Cl. The zero-order valence-corrected chi connectivity index (χ0v) is 12.7. The zero-order valence-electron chi connectivity index (χ0n) is 12.0. The van der Waals surface area contributed by atoms with Crippen molar-refractivity contribution in [1.29, 1.82) is 0 Å². The van der Waals surface area contributed by atoms with Crippen molar-refractivity contribution in [2.75, 3.05) is 11.9 Å². The van der Waals surface area contributed by atoms with Gasteiger partial charge in [0.2, 0.25) is 0 Å². The molecule has 0 saturated carbocycles. The average Bonchev–Trinajstić information content (AvgIpc) is 2.54. The first-order chi connectivity index (χ1) is 11.0. The minimum atomic E-state index is -0.644. The molecular formula is C17H13ClFNO3. The van der Waals surface area contributed by atoms with Crippen LogP contribution in [0.2, 0.25) is 5.02 Å². The van der Waals surface area contributed by atoms with Crippen LogP contribution in [0.5, 0.6) is 0 Å². The molecule has 0 aromatic heterocycles. The molecule has 0 aliphatic heterocycles. The molecular weight excluding hydrogens is 321 g/mol. The molecule has 2 aromatic carbocycles. The number of benzene rings is 2. The number of amides is 1. The van der Waals surface area contributed by atoms with Crippen molar-refractivity contribution in [2.24, 2.45) is 0 Å². The minimum Gasteiger partial charge on any atom is -0.452 e. The Balaban J connectivity index is 1.82. The van der Waals surface area contributed by atoms with E-state index in [0.717, 1.165) is 17.7 Å². The monoisotopic (exact) mass is 333 g/mol. The van der Waals surface area contributed by atoms with Crippen LogP contribution in [0.25, 0.3) is 6.08 Å². The second-order valence-electron chi connectivity index (χ2n) is 4.52. The number of halogens is 2. The molecule has 4 nitrogen and oxygen atoms in total. The molecule has 0 saturated heterocycles. The number of anilines is 1. The number of esters is 1. The Labute approximate surface area is 137 Å². The smallest absolute Gasteiger partial charge is 0.331 e. The Morgan fingerprint density at radius 1 is 1.17 bits per heavy atom. The lowest BCUT2D eigenvalue weighted by Gasteiger charge is -2.07. The van der Waals surface area contributed by atoms with Crippen molar-refractivity contribution in [1.82, 2.24) is 0 Å². The predicted molar refractivity (Wildman–Crippen MR) is 86.5 cm³/mol. The zero-order chi connectivity index (χ0) is 16.7. The summed E-state index contributed by atoms with van der Waals surface area (Å²) >= 11 is 5.78. The van der Waals surface area contributed by atoms with Gasteiger partial charge in [0.05, 0.1) is 10.7 Å². The summed E-state index contributed by atoms with van der Waals surface area (Å²) in [6, 6.07) is 12.8. The summed E-state index contributed by atoms with van der Waals surface area (Å²) < 4.78 is 17.7. The van der Waals surface area contributed by atoms with Crippen molar-refractivity contribution in [2.45, 2.75) is 0 Å². The van der Waals surface area contributed by atoms with Crippen molar-refractivity contribution >= 4 is 35.2 Å². The molecule has 2 aromatic rings. The molecule has 0 bridgehead atoms. The summed E-state index contributed by atoms with van der Waals surface area (Å²) in [7, 11) is 0. The highest BCUT2D eigenvalue weighted by Crippen LogP contribution is 2.22. The van der Waals surface area contributed by atoms with E-state index >= 15 is 0 Å². The van der Waals surface area contributed by atoms with E-state index < -0.39 is 24.3 Å². The number of nitrogens with one attached hydrogen (secondary N) is 1. The van der Waals surface area contributed by atoms with Gasteiger partial charge in [-0.25, -0.2) is 9.18 Å². The molecule has 0 spiro atoms. The second-order valence-corrected chi connectivity index (χ2v) is 4.93. The van der Waals surface area contributed by atoms with Gasteiger partial charge in [-0.05, 0) is 29.8 Å². The van der Waals surface area contributed by atoms with Crippen LogP contribution in [-0.4, -0.2) is 18.5 Å². The van der Waals surface area contributed by atoms with Gasteiger partial charge < -0.3 is 10.1 Å². The van der Waals surface area contributed by atoms with E-state index in [1.807, 2.05) is 30.3 Å². The molecule has 0 unspecified atom stereocenters. The molecule has 0 aliphatic carbocycles. The quantitative estimate of drug-likeness (QED) is 0.671. The molecule has 0 atom stereocenters. The first kappa shape index (κ1) is 16.7. The fourth-order valence-corrected chi connectivity index (χ4v) is 1.90. The third-order valence-corrected chi connectivity index (χ3v) is 3.07. The van der Waals surface area contributed by atoms with Crippen LogP contribution in [0.15, 0.2) is 54.6 Å². The van der Waals surface area contributed by atoms with E-state index in [-0.39, 0.29) is 10.7 Å². The third-order valence-electron chi connectivity index (χ3n) is 2.76. The lowest BCUT2D eigenvalue weighted by molar-refractivity contribution is -0.142. The van der Waals surface area contributed by atoms with Gasteiger partial charge in [-0.3, -0.25) is 4.79 Å². The molecule has 0 heterocycles. The Bertz CT molecular complexity index is 732. The summed E-state index contributed by atoms with van der Waals surface area (Å²) in [5.74, 6) is -1.72. The Kier molecular flexibility index (Phi) is 5.88. The van der Waals surface area contributed by atoms with E-state index in [2.05, 4.69) is 5.32 Å². The van der Waals surface area contributed by atoms with Crippen LogP contribution in [0, 0.1) is 5.82 Å². The molecule has 1 N–H and O–H groups in total. The fourth-order valence-electron chi connectivity index (χ4n) is 1.69. The summed E-state index contributed by atoms with van der Waals surface area (Å²) in [4.78, 5) is 23.2. The standard InChI is InChI=1S/C17H13ClFNO3/c18-14-10-13(19)7-8-15(14)20-16(21)11-23-17(22)9-6-12-4-2-1-3-5-12/h1-10H,11H2,(H,20,21). The number of hydrogen-bond donors (Lipinski definition) is 1. The fraction of sp³-hybridized carbons (Fsp3) is 0.0588. The van der Waals surface area contributed by atoms with E-state index in [1.165, 1.54) is 12.1 Å². The lowest BCUT2D eigenvalue weighted by Crippen LogP contribution is -2.20. The summed E-state index contributed by atoms with van der Waals surface area (Å²) in [6.45, 7) is -0.467. The predicted octanol–water partition coefficient (Wildman–Crippen LogP) is 3.67. The van der Waals surface area contributed by atoms with Gasteiger partial charge >= 0.3 is 5.97 Å². The maximum Gasteiger partial charge on any atom is 0.331 e. The normalized spacial score (nSPS) is 10.5. The number of carbonyl (C=O) groups excluding carboxylic acids is 2. The van der Waals surface area contributed by atoms with Crippen molar-refractivity contribution in [3.8, 4) is 0 Å². The van der Waals surface area contributed by atoms with Gasteiger partial charge in [0.1, 0.15) is 5.82 Å². The third kappa shape index (κ3) is 5.56. The molecule has 0 fully saturated rings. The topological polar surface area (TPSA) is 55.4 Å². The van der Waals surface area contributed by atoms with Gasteiger partial charge in [0.25, 0.3) is 5.91 Å². The molecule has 118 valence electrons. The Morgan fingerprint density at radius 3 is 2.61 bits per heavy atom. The lowest BCUT2D eigenvalue weighted by atomic mass is 10.2. The van der Waals surface area contributed by atoms with E-state index in [0.29, 0.717) is 0 Å². The summed E-state index contributed by atoms with van der Waals surface area (Å²) in [5.41, 5.74) is 1.08. The molecule has 6 heteroatoms. The highest BCUT2D eigenvalue weighted by atomic mass is 35.5. The van der Waals surface area contributed by atoms with Gasteiger partial charge in [0.15, 0.2) is 6.61 Å². The van der Waals surface area contributed by atoms with Crippen molar-refractivity contribution in [3.05, 3.63) is 71.0 Å². The van der Waals surface area contributed by atoms with Crippen molar-refractivity contribution < 1.29 is 18.7 Å². The van der Waals surface area contributed by atoms with Gasteiger partial charge in [-0.2, -0.15) is 0 Å². The number of hydrogen-bond acceptors (Lipinski definition) is 3. The number of rotatable bonds is 5. The maximum atomic E-state index is 12.9. The first-order valence-electron chi connectivity index (χ1n) is 6.69. The molecule has 0 radical (unpaired) electrons. The van der Waals surface area contributed by atoms with E-state index in [4.69, 9.17) is 16.3 Å². The van der Waals surface area contributed by atoms with Crippen molar-refractivity contribution in [3.63, 3.8) is 0 Å². The van der Waals surface area contributed by atoms with Crippen LogP contribution in [0.3, 0.4) is 0 Å². The molecule has 2 rings (SSSR count). The Morgan fingerprint density at radius 2 is 1.91 bits per heavy atom. The second kappa shape index (κ2) is 8.10. The Hall–Kier alpha value is -2.66. The molecule has 0 aliphatic rings. The maximum absolute atomic E-state index is 12.9. The summed E-state index contributed by atoms with van der Waals surface area (Å²) in [5, 5.41) is 2.49. The van der Waals surface area contributed by atoms with Crippen LogP contribution < -0.4 is 5.32 Å². The van der Waals surface area contributed by atoms with E-state index in [1.54, 1.807) is 6.08 Å². The molecule has 1 amide bonds. The highest BCUT2D eigenvalue weighted by Gasteiger charge is 2.08. The van der Waals surface area contributed by atoms with Gasteiger partial charge in [-0.1, -0.05) is 41.9 Å². The van der Waals surface area contributed by atoms with Gasteiger partial charge in [0, 0.05) is 6.08 Å². The van der Waals surface area contributed by atoms with Crippen LogP contribution in [0.4, 0.5) is 10.1 Å². The van der Waals surface area contributed by atoms with Crippen LogP contribution in [-0.2, 0) is 14.3 Å². The van der Waals surface area contributed by atoms with Gasteiger partial charge in [-0.15, -0.1) is 0 Å². The minimum absolute atomic E-state index is 0.0636. The van der Waals surface area contributed by atoms with E-state index in [9.17, 15) is 14.0 Å². The average molecular weight is 334 g/mol. The largest absolute Gasteiger partial charge is 0.452 e. The number of ether oxygens (including phenoxy) is 1.